The Morgan fingerprint density at radius 3 is 2.41 bits per heavy atom. The van der Waals surface area contributed by atoms with Gasteiger partial charge in [0.05, 0.1) is 12.0 Å². The molecule has 0 aliphatic carbocycles. The summed E-state index contributed by atoms with van der Waals surface area (Å²) in [5.41, 5.74) is 5.85. The third-order valence-corrected chi connectivity index (χ3v) is 5.90. The first-order valence-corrected chi connectivity index (χ1v) is 8.39. The Labute approximate surface area is 137 Å². The van der Waals surface area contributed by atoms with Crippen molar-refractivity contribution in [3.05, 3.63) is 24.0 Å². The molecule has 126 valence electrons. The zero-order chi connectivity index (χ0) is 15.6. The summed E-state index contributed by atoms with van der Waals surface area (Å²) in [5.74, 6) is -0.308. The van der Waals surface area contributed by atoms with Crippen molar-refractivity contribution in [2.24, 2.45) is 11.7 Å². The summed E-state index contributed by atoms with van der Waals surface area (Å²) < 4.78 is 44.9. The second-order valence-electron chi connectivity index (χ2n) is 5.40. The first-order chi connectivity index (χ1) is 9.86. The largest absolute Gasteiger partial charge is 0.494 e. The van der Waals surface area contributed by atoms with Gasteiger partial charge in [0.15, 0.2) is 11.6 Å². The number of nitrogens with zero attached hydrogens (tertiary/aromatic N) is 1. The zero-order valence-corrected chi connectivity index (χ0v) is 14.3. The molecule has 0 spiro atoms. The molecule has 2 N–H and O–H groups in total. The molecule has 0 radical (unpaired) electrons. The monoisotopic (exact) mass is 352 g/mol. The molecule has 1 aliphatic heterocycles. The van der Waals surface area contributed by atoms with Gasteiger partial charge in [0, 0.05) is 19.1 Å². The third kappa shape index (κ3) is 3.90. The smallest absolute Gasteiger partial charge is 0.243 e. The second kappa shape index (κ2) is 7.59. The second-order valence-corrected chi connectivity index (χ2v) is 7.33. The summed E-state index contributed by atoms with van der Waals surface area (Å²) in [6.45, 7) is 2.78. The summed E-state index contributed by atoms with van der Waals surface area (Å²) in [6.07, 6.45) is 1.46. The van der Waals surface area contributed by atoms with Crippen LogP contribution in [0.3, 0.4) is 0 Å². The Balaban J connectivity index is 0.00000242. The van der Waals surface area contributed by atoms with E-state index in [-0.39, 0.29) is 29.1 Å². The highest BCUT2D eigenvalue weighted by Crippen LogP contribution is 2.27. The van der Waals surface area contributed by atoms with Crippen LogP contribution in [0.15, 0.2) is 23.1 Å². The molecule has 1 aromatic carbocycles. The van der Waals surface area contributed by atoms with Gasteiger partial charge in [0.1, 0.15) is 0 Å². The third-order valence-electron chi connectivity index (χ3n) is 4.00. The summed E-state index contributed by atoms with van der Waals surface area (Å²) in [4.78, 5) is -0.0416. The van der Waals surface area contributed by atoms with E-state index in [0.717, 1.165) is 18.9 Å². The summed E-state index contributed by atoms with van der Waals surface area (Å²) in [5, 5.41) is 0. The van der Waals surface area contributed by atoms with E-state index in [1.54, 1.807) is 0 Å². The van der Waals surface area contributed by atoms with Gasteiger partial charge in [-0.3, -0.25) is 0 Å². The molecule has 0 bridgehead atoms. The van der Waals surface area contributed by atoms with Crippen LogP contribution in [0.1, 0.15) is 19.8 Å². The predicted octanol–water partition coefficient (Wildman–Crippen LogP) is 2.00. The van der Waals surface area contributed by atoms with Crippen LogP contribution in [0, 0.1) is 11.7 Å². The molecule has 1 fully saturated rings. The SMILES string of the molecule is COc1ccc(S(=O)(=O)N2CCC(C(C)N)CC2)cc1F.Cl. The molecule has 22 heavy (non-hydrogen) atoms. The van der Waals surface area contributed by atoms with Crippen LogP contribution < -0.4 is 10.5 Å². The number of hydrogen-bond acceptors (Lipinski definition) is 4. The van der Waals surface area contributed by atoms with Crippen LogP contribution in [-0.4, -0.2) is 39.0 Å². The van der Waals surface area contributed by atoms with Gasteiger partial charge in [0.25, 0.3) is 0 Å². The molecule has 1 aromatic rings. The van der Waals surface area contributed by atoms with Crippen LogP contribution in [-0.2, 0) is 10.0 Å². The molecular weight excluding hydrogens is 331 g/mol. The number of halogens is 2. The maximum Gasteiger partial charge on any atom is 0.243 e. The molecule has 1 atom stereocenters. The number of rotatable bonds is 4. The van der Waals surface area contributed by atoms with Gasteiger partial charge in [-0.1, -0.05) is 0 Å². The van der Waals surface area contributed by atoms with Crippen molar-refractivity contribution in [1.29, 1.82) is 0 Å². The van der Waals surface area contributed by atoms with Crippen molar-refractivity contribution in [3.8, 4) is 5.75 Å². The topological polar surface area (TPSA) is 72.6 Å². The highest BCUT2D eigenvalue weighted by atomic mass is 35.5. The number of methoxy groups -OCH3 is 1. The van der Waals surface area contributed by atoms with Gasteiger partial charge in [-0.05, 0) is 43.9 Å². The maximum atomic E-state index is 13.7. The van der Waals surface area contributed by atoms with Crippen molar-refractivity contribution >= 4 is 22.4 Å². The molecule has 1 aliphatic rings. The van der Waals surface area contributed by atoms with Crippen molar-refractivity contribution in [2.45, 2.75) is 30.7 Å². The zero-order valence-electron chi connectivity index (χ0n) is 12.7. The van der Waals surface area contributed by atoms with E-state index < -0.39 is 15.8 Å². The quantitative estimate of drug-likeness (QED) is 0.899. The van der Waals surface area contributed by atoms with E-state index >= 15 is 0 Å². The minimum atomic E-state index is -3.66. The highest BCUT2D eigenvalue weighted by molar-refractivity contribution is 7.89. The van der Waals surface area contributed by atoms with Gasteiger partial charge < -0.3 is 10.5 Å². The average Bonchev–Trinajstić information content (AvgIpc) is 2.47. The number of piperidine rings is 1. The van der Waals surface area contributed by atoms with Crippen molar-refractivity contribution in [3.63, 3.8) is 0 Å². The summed E-state index contributed by atoms with van der Waals surface area (Å²) in [6, 6.07) is 3.77. The molecule has 1 heterocycles. The molecule has 0 aromatic heterocycles. The van der Waals surface area contributed by atoms with Gasteiger partial charge >= 0.3 is 0 Å². The lowest BCUT2D eigenvalue weighted by molar-refractivity contribution is 0.250. The summed E-state index contributed by atoms with van der Waals surface area (Å²) in [7, 11) is -2.32. The first-order valence-electron chi connectivity index (χ1n) is 6.95. The number of benzene rings is 1. The molecule has 5 nitrogen and oxygen atoms in total. The Morgan fingerprint density at radius 2 is 1.95 bits per heavy atom. The summed E-state index contributed by atoms with van der Waals surface area (Å²) >= 11 is 0. The fourth-order valence-electron chi connectivity index (χ4n) is 2.60. The number of hydrogen-bond donors (Lipinski definition) is 1. The molecule has 8 heteroatoms. The number of nitrogens with two attached hydrogens (primary N) is 1. The fourth-order valence-corrected chi connectivity index (χ4v) is 4.08. The number of sulfonamides is 1. The number of ether oxygens (including phenoxy) is 1. The van der Waals surface area contributed by atoms with Crippen LogP contribution in [0.5, 0.6) is 5.75 Å². The Hall–Kier alpha value is -0.890. The Kier molecular flexibility index (Phi) is 6.61. The van der Waals surface area contributed by atoms with Crippen molar-refractivity contribution in [2.75, 3.05) is 20.2 Å². The van der Waals surface area contributed by atoms with Gasteiger partial charge in [0.2, 0.25) is 10.0 Å². The van der Waals surface area contributed by atoms with Gasteiger partial charge in [-0.2, -0.15) is 4.31 Å². The lowest BCUT2D eigenvalue weighted by Gasteiger charge is -2.32. The Bertz CT molecular complexity index is 602. The lowest BCUT2D eigenvalue weighted by Crippen LogP contribution is -2.42. The van der Waals surface area contributed by atoms with Crippen LogP contribution in [0.25, 0.3) is 0 Å². The van der Waals surface area contributed by atoms with E-state index in [1.165, 1.54) is 23.5 Å². The minimum Gasteiger partial charge on any atom is -0.494 e. The normalized spacial score (nSPS) is 18.5. The van der Waals surface area contributed by atoms with Gasteiger partial charge in [-0.15, -0.1) is 12.4 Å². The van der Waals surface area contributed by atoms with E-state index in [9.17, 15) is 12.8 Å². The standard InChI is InChI=1S/C14H21FN2O3S.ClH/c1-10(16)11-5-7-17(8-6-11)21(18,19)12-3-4-14(20-2)13(15)9-12;/h3-4,9-11H,5-8,16H2,1-2H3;1H. The van der Waals surface area contributed by atoms with E-state index in [2.05, 4.69) is 0 Å². The molecule has 2 rings (SSSR count). The Morgan fingerprint density at radius 1 is 1.36 bits per heavy atom. The minimum absolute atomic E-state index is 0. The molecule has 1 unspecified atom stereocenters. The fraction of sp³-hybridized carbons (Fsp3) is 0.571. The van der Waals surface area contributed by atoms with Crippen molar-refractivity contribution < 1.29 is 17.5 Å². The highest BCUT2D eigenvalue weighted by Gasteiger charge is 2.31. The van der Waals surface area contributed by atoms with Crippen LogP contribution in [0.2, 0.25) is 0 Å². The van der Waals surface area contributed by atoms with Crippen LogP contribution in [0.4, 0.5) is 4.39 Å². The van der Waals surface area contributed by atoms with Crippen LogP contribution >= 0.6 is 12.4 Å². The lowest BCUT2D eigenvalue weighted by atomic mass is 9.92. The van der Waals surface area contributed by atoms with E-state index in [4.69, 9.17) is 10.5 Å². The van der Waals surface area contributed by atoms with E-state index in [0.29, 0.717) is 19.0 Å². The average molecular weight is 353 g/mol. The predicted molar refractivity (Wildman–Crippen MR) is 85.3 cm³/mol. The maximum absolute atomic E-state index is 13.7. The first kappa shape index (κ1) is 19.2. The van der Waals surface area contributed by atoms with Gasteiger partial charge in [-0.25, -0.2) is 12.8 Å². The molecule has 1 saturated heterocycles. The molecular formula is C14H22ClFN2O3S. The van der Waals surface area contributed by atoms with Crippen molar-refractivity contribution in [1.82, 2.24) is 4.31 Å². The van der Waals surface area contributed by atoms with E-state index in [1.807, 2.05) is 6.92 Å². The molecule has 0 amide bonds. The molecule has 0 saturated carbocycles.